The smallest absolute Gasteiger partial charge is 0.409 e. The van der Waals surface area contributed by atoms with Crippen molar-refractivity contribution in [3.05, 3.63) is 77.9 Å². The molecule has 0 spiro atoms. The van der Waals surface area contributed by atoms with Gasteiger partial charge in [0.05, 0.1) is 7.11 Å². The SMILES string of the molecule is COc1ccc(C(/C=C/C(F)(F)F)c2ccccc2)cc1. The summed E-state index contributed by atoms with van der Waals surface area (Å²) in [5.74, 6) is 0.226. The largest absolute Gasteiger partial charge is 0.497 e. The van der Waals surface area contributed by atoms with E-state index in [-0.39, 0.29) is 6.08 Å². The highest BCUT2D eigenvalue weighted by atomic mass is 19.4. The maximum absolute atomic E-state index is 12.5. The first-order valence-corrected chi connectivity index (χ1v) is 6.44. The number of allylic oxidation sites excluding steroid dienone is 2. The summed E-state index contributed by atoms with van der Waals surface area (Å²) in [5, 5.41) is 0. The molecule has 4 heteroatoms. The van der Waals surface area contributed by atoms with Gasteiger partial charge in [0.1, 0.15) is 5.75 Å². The van der Waals surface area contributed by atoms with Gasteiger partial charge < -0.3 is 4.74 Å². The van der Waals surface area contributed by atoms with Crippen molar-refractivity contribution in [2.45, 2.75) is 12.1 Å². The number of halogens is 3. The van der Waals surface area contributed by atoms with Gasteiger partial charge in [-0.3, -0.25) is 0 Å². The lowest BCUT2D eigenvalue weighted by molar-refractivity contribution is -0.0800. The number of methoxy groups -OCH3 is 1. The van der Waals surface area contributed by atoms with Crippen molar-refractivity contribution in [2.24, 2.45) is 0 Å². The molecule has 0 bridgehead atoms. The second kappa shape index (κ2) is 6.48. The van der Waals surface area contributed by atoms with Crippen LogP contribution in [0.1, 0.15) is 17.0 Å². The van der Waals surface area contributed by atoms with Gasteiger partial charge in [0.25, 0.3) is 0 Å². The number of alkyl halides is 3. The molecule has 0 aliphatic rings. The minimum atomic E-state index is -4.32. The molecule has 2 aromatic rings. The Morgan fingerprint density at radius 1 is 0.905 bits per heavy atom. The quantitative estimate of drug-likeness (QED) is 0.725. The van der Waals surface area contributed by atoms with Crippen LogP contribution in [0.15, 0.2) is 66.7 Å². The van der Waals surface area contributed by atoms with E-state index in [0.29, 0.717) is 5.75 Å². The Bertz CT molecular complexity index is 586. The zero-order valence-corrected chi connectivity index (χ0v) is 11.5. The summed E-state index contributed by atoms with van der Waals surface area (Å²) < 4.78 is 42.4. The summed E-state index contributed by atoms with van der Waals surface area (Å²) in [6.07, 6.45) is -2.86. The Morgan fingerprint density at radius 3 is 2.00 bits per heavy atom. The van der Waals surface area contributed by atoms with E-state index in [1.54, 1.807) is 31.4 Å². The van der Waals surface area contributed by atoms with E-state index in [1.807, 2.05) is 30.3 Å². The first-order valence-electron chi connectivity index (χ1n) is 6.44. The molecule has 0 aromatic heterocycles. The summed E-state index contributed by atoms with van der Waals surface area (Å²) in [4.78, 5) is 0. The lowest BCUT2D eigenvalue weighted by Gasteiger charge is -2.15. The number of hydrogen-bond acceptors (Lipinski definition) is 1. The molecule has 1 atom stereocenters. The van der Waals surface area contributed by atoms with Crippen LogP contribution in [0.25, 0.3) is 0 Å². The van der Waals surface area contributed by atoms with Crippen molar-refractivity contribution in [1.29, 1.82) is 0 Å². The molecule has 0 aliphatic heterocycles. The monoisotopic (exact) mass is 292 g/mol. The minimum Gasteiger partial charge on any atom is -0.497 e. The van der Waals surface area contributed by atoms with Crippen LogP contribution >= 0.6 is 0 Å². The van der Waals surface area contributed by atoms with Crippen LogP contribution in [0.5, 0.6) is 5.75 Å². The Kier molecular flexibility index (Phi) is 4.68. The summed E-state index contributed by atoms with van der Waals surface area (Å²) in [7, 11) is 1.55. The van der Waals surface area contributed by atoms with Gasteiger partial charge in [-0.2, -0.15) is 13.2 Å². The normalized spacial score (nSPS) is 13.3. The minimum absolute atomic E-state index is 0.287. The van der Waals surface area contributed by atoms with E-state index in [9.17, 15) is 13.2 Å². The van der Waals surface area contributed by atoms with E-state index in [0.717, 1.165) is 11.1 Å². The molecule has 110 valence electrons. The van der Waals surface area contributed by atoms with Gasteiger partial charge in [0.2, 0.25) is 0 Å². The molecule has 0 amide bonds. The van der Waals surface area contributed by atoms with Gasteiger partial charge in [0.15, 0.2) is 0 Å². The fourth-order valence-electron chi connectivity index (χ4n) is 2.09. The summed E-state index contributed by atoms with van der Waals surface area (Å²) >= 11 is 0. The second-order valence-corrected chi connectivity index (χ2v) is 4.56. The third kappa shape index (κ3) is 4.38. The first kappa shape index (κ1) is 15.2. The molecule has 0 heterocycles. The Morgan fingerprint density at radius 2 is 1.48 bits per heavy atom. The molecular formula is C17H15F3O. The van der Waals surface area contributed by atoms with Crippen LogP contribution in [0.2, 0.25) is 0 Å². The predicted octanol–water partition coefficient (Wildman–Crippen LogP) is 4.95. The lowest BCUT2D eigenvalue weighted by Crippen LogP contribution is -2.04. The van der Waals surface area contributed by atoms with Crippen molar-refractivity contribution < 1.29 is 17.9 Å². The van der Waals surface area contributed by atoms with E-state index < -0.39 is 12.1 Å². The van der Waals surface area contributed by atoms with Gasteiger partial charge >= 0.3 is 6.18 Å². The fourth-order valence-corrected chi connectivity index (χ4v) is 2.09. The van der Waals surface area contributed by atoms with Crippen molar-refractivity contribution in [3.63, 3.8) is 0 Å². The third-order valence-electron chi connectivity index (χ3n) is 3.11. The highest BCUT2D eigenvalue weighted by molar-refractivity contribution is 5.39. The van der Waals surface area contributed by atoms with Crippen molar-refractivity contribution in [3.8, 4) is 5.75 Å². The molecular weight excluding hydrogens is 277 g/mol. The van der Waals surface area contributed by atoms with Crippen molar-refractivity contribution >= 4 is 0 Å². The molecule has 2 rings (SSSR count). The standard InChI is InChI=1S/C17H15F3O/c1-21-15-9-7-14(8-10-15)16(11-12-17(18,19)20)13-5-3-2-4-6-13/h2-12,16H,1H3/b12-11+. The molecule has 21 heavy (non-hydrogen) atoms. The number of rotatable bonds is 4. The van der Waals surface area contributed by atoms with Gasteiger partial charge in [-0.15, -0.1) is 0 Å². The van der Waals surface area contributed by atoms with Gasteiger partial charge in [-0.1, -0.05) is 48.5 Å². The Labute approximate surface area is 121 Å². The lowest BCUT2D eigenvalue weighted by atomic mass is 9.91. The summed E-state index contributed by atoms with van der Waals surface area (Å²) in [6, 6.07) is 16.1. The maximum atomic E-state index is 12.5. The van der Waals surface area contributed by atoms with Crippen LogP contribution in [0.3, 0.4) is 0 Å². The zero-order chi connectivity index (χ0) is 15.3. The van der Waals surface area contributed by atoms with E-state index in [4.69, 9.17) is 4.74 Å². The molecule has 0 saturated heterocycles. The third-order valence-corrected chi connectivity index (χ3v) is 3.11. The van der Waals surface area contributed by atoms with E-state index >= 15 is 0 Å². The predicted molar refractivity (Wildman–Crippen MR) is 76.5 cm³/mol. The highest BCUT2D eigenvalue weighted by Crippen LogP contribution is 2.29. The summed E-state index contributed by atoms with van der Waals surface area (Å²) in [5.41, 5.74) is 1.59. The van der Waals surface area contributed by atoms with Crippen molar-refractivity contribution in [1.82, 2.24) is 0 Å². The molecule has 0 saturated carbocycles. The molecule has 0 radical (unpaired) electrons. The average molecular weight is 292 g/mol. The van der Waals surface area contributed by atoms with Crippen molar-refractivity contribution in [2.75, 3.05) is 7.11 Å². The molecule has 0 fully saturated rings. The van der Waals surface area contributed by atoms with Crippen LogP contribution in [0, 0.1) is 0 Å². The number of ether oxygens (including phenoxy) is 1. The fraction of sp³-hybridized carbons (Fsp3) is 0.176. The van der Waals surface area contributed by atoms with Crippen LogP contribution in [0.4, 0.5) is 13.2 Å². The molecule has 0 N–H and O–H groups in total. The maximum Gasteiger partial charge on any atom is 0.409 e. The van der Waals surface area contributed by atoms with Crippen LogP contribution in [-0.2, 0) is 0 Å². The Hall–Kier alpha value is -2.23. The van der Waals surface area contributed by atoms with Gasteiger partial charge in [0, 0.05) is 12.0 Å². The second-order valence-electron chi connectivity index (χ2n) is 4.56. The van der Waals surface area contributed by atoms with Gasteiger partial charge in [-0.05, 0) is 23.3 Å². The Balaban J connectivity index is 2.37. The average Bonchev–Trinajstić information content (AvgIpc) is 2.48. The molecule has 0 aliphatic carbocycles. The zero-order valence-electron chi connectivity index (χ0n) is 11.5. The number of hydrogen-bond donors (Lipinski definition) is 0. The topological polar surface area (TPSA) is 9.23 Å². The van der Waals surface area contributed by atoms with Crippen LogP contribution < -0.4 is 4.74 Å². The first-order chi connectivity index (χ1) is 9.99. The van der Waals surface area contributed by atoms with E-state index in [1.165, 1.54) is 6.08 Å². The van der Waals surface area contributed by atoms with Gasteiger partial charge in [-0.25, -0.2) is 0 Å². The summed E-state index contributed by atoms with van der Waals surface area (Å²) in [6.45, 7) is 0. The highest BCUT2D eigenvalue weighted by Gasteiger charge is 2.23. The molecule has 2 aromatic carbocycles. The van der Waals surface area contributed by atoms with E-state index in [2.05, 4.69) is 0 Å². The number of benzene rings is 2. The van der Waals surface area contributed by atoms with Crippen LogP contribution in [-0.4, -0.2) is 13.3 Å². The molecule has 1 unspecified atom stereocenters. The molecule has 1 nitrogen and oxygen atoms in total.